The molecule has 76 heavy (non-hydrogen) atoms. The predicted molar refractivity (Wildman–Crippen MR) is 333 cm³/mol. The van der Waals surface area contributed by atoms with Gasteiger partial charge >= 0.3 is 5.97 Å². The highest BCUT2D eigenvalue weighted by molar-refractivity contribution is 5.76. The molecule has 0 aliphatic heterocycles. The van der Waals surface area contributed by atoms with Crippen molar-refractivity contribution < 1.29 is 24.5 Å². The lowest BCUT2D eigenvalue weighted by atomic mass is 10.0. The van der Waals surface area contributed by atoms with E-state index in [1.807, 2.05) is 6.08 Å². The van der Waals surface area contributed by atoms with Crippen LogP contribution in [0.3, 0.4) is 0 Å². The summed E-state index contributed by atoms with van der Waals surface area (Å²) in [5.41, 5.74) is 0. The van der Waals surface area contributed by atoms with E-state index in [0.717, 1.165) is 77.0 Å². The monoisotopic (exact) mass is 1070 g/mol. The minimum atomic E-state index is -0.854. The molecule has 2 atom stereocenters. The van der Waals surface area contributed by atoms with Gasteiger partial charge in [-0.1, -0.05) is 306 Å². The maximum absolute atomic E-state index is 12.5. The number of carbonyl (C=O) groups excluding carboxylic acids is 2. The van der Waals surface area contributed by atoms with Crippen LogP contribution in [0.5, 0.6) is 0 Å². The van der Waals surface area contributed by atoms with Crippen molar-refractivity contribution in [3.8, 4) is 0 Å². The lowest BCUT2D eigenvalue weighted by molar-refractivity contribution is -0.143. The summed E-state index contributed by atoms with van der Waals surface area (Å²) in [6.07, 6.45) is 84.6. The van der Waals surface area contributed by atoms with E-state index in [1.54, 1.807) is 6.08 Å². The number of ether oxygens (including phenoxy) is 1. The molecule has 0 rings (SSSR count). The maximum atomic E-state index is 12.5. The number of nitrogens with one attached hydrogen (secondary N) is 1. The minimum Gasteiger partial charge on any atom is -0.466 e. The molecule has 0 heterocycles. The van der Waals surface area contributed by atoms with Gasteiger partial charge in [0.1, 0.15) is 0 Å². The zero-order chi connectivity index (χ0) is 55.0. The van der Waals surface area contributed by atoms with Crippen LogP contribution in [-0.2, 0) is 14.3 Å². The van der Waals surface area contributed by atoms with Crippen LogP contribution in [0.4, 0.5) is 0 Å². The molecular weight excluding hydrogens is 935 g/mol. The van der Waals surface area contributed by atoms with E-state index in [4.69, 9.17) is 4.74 Å². The van der Waals surface area contributed by atoms with E-state index < -0.39 is 12.1 Å². The molecule has 0 aromatic carbocycles. The normalized spacial score (nSPS) is 12.8. The molecule has 0 aromatic heterocycles. The summed E-state index contributed by atoms with van der Waals surface area (Å²) in [7, 11) is 0. The molecule has 0 fully saturated rings. The number of hydrogen-bond acceptors (Lipinski definition) is 5. The Bertz CT molecular complexity index is 1270. The SMILES string of the molecule is CCCCCCCC/C=C\CCCCCCCC(=O)OCCCCC/C=C\C=C/CCCCCCCCCCCCC(=O)NC(CO)C(O)/C=C/CCCCCCCCCCCCCCCCCCCCCCCCC. The summed E-state index contributed by atoms with van der Waals surface area (Å²) in [6.45, 7) is 4.88. The summed E-state index contributed by atoms with van der Waals surface area (Å²) in [4.78, 5) is 24.6. The van der Waals surface area contributed by atoms with Crippen molar-refractivity contribution in [2.75, 3.05) is 13.2 Å². The zero-order valence-electron chi connectivity index (χ0n) is 51.0. The smallest absolute Gasteiger partial charge is 0.305 e. The minimum absolute atomic E-state index is 0.0218. The van der Waals surface area contributed by atoms with Crippen molar-refractivity contribution in [2.45, 2.75) is 373 Å². The number of allylic oxidation sites excluding steroid dienone is 7. The fourth-order valence-corrected chi connectivity index (χ4v) is 10.4. The Morgan fingerprint density at radius 1 is 0.368 bits per heavy atom. The molecule has 0 bridgehead atoms. The van der Waals surface area contributed by atoms with E-state index >= 15 is 0 Å². The lowest BCUT2D eigenvalue weighted by Crippen LogP contribution is -2.45. The Balaban J connectivity index is 3.50. The van der Waals surface area contributed by atoms with Crippen molar-refractivity contribution in [3.63, 3.8) is 0 Å². The number of aliphatic hydroxyl groups excluding tert-OH is 2. The van der Waals surface area contributed by atoms with Crippen molar-refractivity contribution in [2.24, 2.45) is 0 Å². The van der Waals surface area contributed by atoms with Crippen LogP contribution >= 0.6 is 0 Å². The Labute approximate surface area is 474 Å². The van der Waals surface area contributed by atoms with Gasteiger partial charge in [0, 0.05) is 12.8 Å². The van der Waals surface area contributed by atoms with Gasteiger partial charge in [0.15, 0.2) is 0 Å². The molecule has 1 amide bonds. The highest BCUT2D eigenvalue weighted by atomic mass is 16.5. The van der Waals surface area contributed by atoms with Gasteiger partial charge in [-0.3, -0.25) is 9.59 Å². The van der Waals surface area contributed by atoms with Crippen LogP contribution in [0.25, 0.3) is 0 Å². The van der Waals surface area contributed by atoms with Crippen LogP contribution in [0.2, 0.25) is 0 Å². The molecule has 0 saturated carbocycles. The quantitative estimate of drug-likeness (QED) is 0.0244. The molecule has 3 N–H and O–H groups in total. The van der Waals surface area contributed by atoms with E-state index in [-0.39, 0.29) is 18.5 Å². The molecule has 2 unspecified atom stereocenters. The standard InChI is InChI=1S/C70H131NO5/c1-3-5-7-9-11-13-15-17-19-20-21-22-23-24-25-26-28-31-35-38-42-46-50-54-58-62-68(73)67(66-72)71-69(74)63-59-55-51-47-43-39-36-32-29-27-30-33-37-41-45-49-53-57-61-65-76-70(75)64-60-56-52-48-44-40-34-18-16-14-12-10-8-6-4-2/h18,33-34,37,41,45,58,62,67-68,72-73H,3-17,19-32,35-36,38-40,42-44,46-57,59-61,63-66H2,1-2H3,(H,71,74)/b34-18-,37-33-,45-41-,62-58+. The second-order valence-corrected chi connectivity index (χ2v) is 23.2. The van der Waals surface area contributed by atoms with Crippen molar-refractivity contribution in [1.82, 2.24) is 5.32 Å². The van der Waals surface area contributed by atoms with Gasteiger partial charge in [-0.2, -0.15) is 0 Å². The number of hydrogen-bond donors (Lipinski definition) is 3. The summed E-state index contributed by atoms with van der Waals surface area (Å²) < 4.78 is 5.46. The van der Waals surface area contributed by atoms with Crippen molar-refractivity contribution in [3.05, 3.63) is 48.6 Å². The fourth-order valence-electron chi connectivity index (χ4n) is 10.4. The highest BCUT2D eigenvalue weighted by Gasteiger charge is 2.18. The number of amides is 1. The van der Waals surface area contributed by atoms with Crippen molar-refractivity contribution in [1.29, 1.82) is 0 Å². The Morgan fingerprint density at radius 2 is 0.658 bits per heavy atom. The van der Waals surface area contributed by atoms with Crippen LogP contribution in [-0.4, -0.2) is 47.4 Å². The second kappa shape index (κ2) is 65.3. The van der Waals surface area contributed by atoms with E-state index in [9.17, 15) is 19.8 Å². The molecule has 0 radical (unpaired) electrons. The summed E-state index contributed by atoms with van der Waals surface area (Å²) in [6, 6.07) is -0.638. The Kier molecular flexibility index (Phi) is 63.5. The van der Waals surface area contributed by atoms with Gasteiger partial charge in [0.25, 0.3) is 0 Å². The summed E-state index contributed by atoms with van der Waals surface area (Å²) in [5, 5.41) is 23.3. The largest absolute Gasteiger partial charge is 0.466 e. The lowest BCUT2D eigenvalue weighted by Gasteiger charge is -2.20. The number of aliphatic hydroxyl groups is 2. The molecule has 0 spiro atoms. The van der Waals surface area contributed by atoms with E-state index in [1.165, 1.54) is 257 Å². The zero-order valence-corrected chi connectivity index (χ0v) is 51.0. The number of unbranched alkanes of at least 4 members (excludes halogenated alkanes) is 47. The Hall–Kier alpha value is -2.18. The summed E-state index contributed by atoms with van der Waals surface area (Å²) >= 11 is 0. The first-order chi connectivity index (χ1) is 37.5. The topological polar surface area (TPSA) is 95.9 Å². The van der Waals surface area contributed by atoms with Crippen LogP contribution in [0.15, 0.2) is 48.6 Å². The van der Waals surface area contributed by atoms with E-state index in [0.29, 0.717) is 19.4 Å². The molecule has 0 aliphatic carbocycles. The van der Waals surface area contributed by atoms with E-state index in [2.05, 4.69) is 55.6 Å². The molecule has 0 aromatic rings. The molecule has 0 aliphatic rings. The molecule has 446 valence electrons. The van der Waals surface area contributed by atoms with Crippen LogP contribution in [0.1, 0.15) is 361 Å². The van der Waals surface area contributed by atoms with Gasteiger partial charge in [-0.25, -0.2) is 0 Å². The number of esters is 1. The first kappa shape index (κ1) is 73.8. The van der Waals surface area contributed by atoms with Gasteiger partial charge in [0.05, 0.1) is 25.4 Å². The third-order valence-corrected chi connectivity index (χ3v) is 15.6. The molecule has 6 nitrogen and oxygen atoms in total. The van der Waals surface area contributed by atoms with Gasteiger partial charge in [-0.15, -0.1) is 0 Å². The first-order valence-electron chi connectivity index (χ1n) is 33.9. The summed E-state index contributed by atoms with van der Waals surface area (Å²) in [5.74, 6) is -0.0968. The van der Waals surface area contributed by atoms with Gasteiger partial charge in [0.2, 0.25) is 5.91 Å². The third kappa shape index (κ3) is 61.0. The molecule has 0 saturated heterocycles. The van der Waals surface area contributed by atoms with Crippen LogP contribution in [0, 0.1) is 0 Å². The third-order valence-electron chi connectivity index (χ3n) is 15.6. The highest BCUT2D eigenvalue weighted by Crippen LogP contribution is 2.18. The second-order valence-electron chi connectivity index (χ2n) is 23.2. The van der Waals surface area contributed by atoms with Gasteiger partial charge in [-0.05, 0) is 89.9 Å². The Morgan fingerprint density at radius 3 is 1.01 bits per heavy atom. The number of carbonyl (C=O) groups is 2. The predicted octanol–water partition coefficient (Wildman–Crippen LogP) is 21.7. The van der Waals surface area contributed by atoms with Crippen LogP contribution < -0.4 is 5.32 Å². The number of rotatable bonds is 63. The average Bonchev–Trinajstić information content (AvgIpc) is 3.42. The maximum Gasteiger partial charge on any atom is 0.305 e. The van der Waals surface area contributed by atoms with Gasteiger partial charge < -0.3 is 20.3 Å². The molecule has 6 heteroatoms. The average molecular weight is 1070 g/mol. The van der Waals surface area contributed by atoms with Crippen molar-refractivity contribution >= 4 is 11.9 Å². The fraction of sp³-hybridized carbons (Fsp3) is 0.857. The molecular formula is C70H131NO5. The first-order valence-corrected chi connectivity index (χ1v) is 33.9.